The summed E-state index contributed by atoms with van der Waals surface area (Å²) in [6.07, 6.45) is 0.751. The van der Waals surface area contributed by atoms with Crippen molar-refractivity contribution in [1.29, 1.82) is 0 Å². The van der Waals surface area contributed by atoms with E-state index in [1.54, 1.807) is 49.4 Å². The summed E-state index contributed by atoms with van der Waals surface area (Å²) in [5.74, 6) is -0.518. The predicted octanol–water partition coefficient (Wildman–Crippen LogP) is 4.14. The summed E-state index contributed by atoms with van der Waals surface area (Å²) >= 11 is 0. The first-order valence-electron chi connectivity index (χ1n) is 12.5. The van der Waals surface area contributed by atoms with Crippen LogP contribution in [0.4, 0.5) is 5.69 Å². The van der Waals surface area contributed by atoms with Gasteiger partial charge in [0.05, 0.1) is 17.7 Å². The van der Waals surface area contributed by atoms with E-state index in [2.05, 4.69) is 5.32 Å². The van der Waals surface area contributed by atoms with Crippen LogP contribution in [0.2, 0.25) is 0 Å². The van der Waals surface area contributed by atoms with E-state index in [1.165, 1.54) is 24.1 Å². The van der Waals surface area contributed by atoms with Crippen LogP contribution in [0.15, 0.2) is 83.8 Å². The van der Waals surface area contributed by atoms with Crippen molar-refractivity contribution >= 4 is 27.5 Å². The lowest BCUT2D eigenvalue weighted by Gasteiger charge is -2.32. The number of methoxy groups -OCH3 is 1. The molecular formula is C29H35N3O5S. The summed E-state index contributed by atoms with van der Waals surface area (Å²) in [4.78, 5) is 28.3. The lowest BCUT2D eigenvalue weighted by atomic mass is 10.1. The number of hydrogen-bond donors (Lipinski definition) is 1. The van der Waals surface area contributed by atoms with Gasteiger partial charge in [-0.1, -0.05) is 67.1 Å². The highest BCUT2D eigenvalue weighted by Crippen LogP contribution is 2.32. The molecule has 0 unspecified atom stereocenters. The molecule has 0 aliphatic carbocycles. The number of carbonyl (C=O) groups excluding carboxylic acids is 2. The molecule has 0 aliphatic rings. The molecule has 202 valence electrons. The number of aryl methyl sites for hydroxylation is 1. The van der Waals surface area contributed by atoms with Gasteiger partial charge in [0.1, 0.15) is 18.3 Å². The molecule has 3 rings (SSSR count). The Hall–Kier alpha value is -3.85. The maximum Gasteiger partial charge on any atom is 0.264 e. The number of rotatable bonds is 12. The zero-order valence-corrected chi connectivity index (χ0v) is 23.1. The standard InChI is InChI=1S/C29H35N3O5S/c1-5-19-30-29(34)23(3)31(20-24-17-15-22(2)16-18-24)28(33)21-32(26-13-9-10-14-27(26)37-4)38(35,36)25-11-7-6-8-12-25/h6-18,23H,5,19-21H2,1-4H3,(H,30,34)/t23-/m0/s1. The van der Waals surface area contributed by atoms with Crippen molar-refractivity contribution in [3.05, 3.63) is 90.0 Å². The maximum absolute atomic E-state index is 13.9. The van der Waals surface area contributed by atoms with Crippen molar-refractivity contribution in [1.82, 2.24) is 10.2 Å². The van der Waals surface area contributed by atoms with Crippen LogP contribution in [-0.2, 0) is 26.2 Å². The molecule has 0 aliphatic heterocycles. The molecule has 0 aromatic heterocycles. The summed E-state index contributed by atoms with van der Waals surface area (Å²) in [7, 11) is -2.71. The molecule has 2 amide bonds. The van der Waals surface area contributed by atoms with E-state index in [0.29, 0.717) is 12.3 Å². The number of ether oxygens (including phenoxy) is 1. The van der Waals surface area contributed by atoms with Crippen molar-refractivity contribution in [3.8, 4) is 5.75 Å². The van der Waals surface area contributed by atoms with E-state index in [9.17, 15) is 18.0 Å². The Kier molecular flexibility index (Phi) is 9.90. The van der Waals surface area contributed by atoms with Crippen molar-refractivity contribution < 1.29 is 22.7 Å². The predicted molar refractivity (Wildman–Crippen MR) is 148 cm³/mol. The lowest BCUT2D eigenvalue weighted by molar-refractivity contribution is -0.139. The number of nitrogens with one attached hydrogen (secondary N) is 1. The van der Waals surface area contributed by atoms with Crippen LogP contribution in [0.25, 0.3) is 0 Å². The quantitative estimate of drug-likeness (QED) is 0.375. The summed E-state index contributed by atoms with van der Waals surface area (Å²) in [6.45, 7) is 5.66. The third-order valence-corrected chi connectivity index (χ3v) is 7.93. The number of amides is 2. The van der Waals surface area contributed by atoms with Gasteiger partial charge in [-0.2, -0.15) is 0 Å². The number of hydrogen-bond acceptors (Lipinski definition) is 5. The fraction of sp³-hybridized carbons (Fsp3) is 0.310. The Morgan fingerprint density at radius 3 is 2.21 bits per heavy atom. The smallest absolute Gasteiger partial charge is 0.264 e. The summed E-state index contributed by atoms with van der Waals surface area (Å²) in [5, 5.41) is 2.84. The van der Waals surface area contributed by atoms with Crippen molar-refractivity contribution in [2.24, 2.45) is 0 Å². The number of para-hydroxylation sites is 2. The van der Waals surface area contributed by atoms with E-state index in [1.807, 2.05) is 38.1 Å². The number of benzene rings is 3. The molecule has 9 heteroatoms. The zero-order valence-electron chi connectivity index (χ0n) is 22.3. The van der Waals surface area contributed by atoms with E-state index in [-0.39, 0.29) is 23.0 Å². The fourth-order valence-corrected chi connectivity index (χ4v) is 5.38. The normalized spacial score (nSPS) is 11.9. The average Bonchev–Trinajstić information content (AvgIpc) is 2.94. The van der Waals surface area contributed by atoms with E-state index in [0.717, 1.165) is 21.9 Å². The van der Waals surface area contributed by atoms with Crippen LogP contribution < -0.4 is 14.4 Å². The van der Waals surface area contributed by atoms with Crippen molar-refractivity contribution in [2.75, 3.05) is 24.5 Å². The molecule has 0 bridgehead atoms. The van der Waals surface area contributed by atoms with Gasteiger partial charge < -0.3 is 15.0 Å². The van der Waals surface area contributed by atoms with Crippen molar-refractivity contribution in [2.45, 2.75) is 44.7 Å². The molecule has 1 atom stereocenters. The van der Waals surface area contributed by atoms with Gasteiger partial charge in [0, 0.05) is 13.1 Å². The van der Waals surface area contributed by atoms with Crippen LogP contribution in [0.1, 0.15) is 31.4 Å². The molecule has 1 N–H and O–H groups in total. The summed E-state index contributed by atoms with van der Waals surface area (Å²) in [5.41, 5.74) is 2.12. The second kappa shape index (κ2) is 13.1. The number of nitrogens with zero attached hydrogens (tertiary/aromatic N) is 2. The van der Waals surface area contributed by atoms with Gasteiger partial charge in [0.2, 0.25) is 11.8 Å². The Bertz CT molecular complexity index is 1330. The van der Waals surface area contributed by atoms with Crippen LogP contribution >= 0.6 is 0 Å². The van der Waals surface area contributed by atoms with Gasteiger partial charge in [-0.15, -0.1) is 0 Å². The van der Waals surface area contributed by atoms with E-state index < -0.39 is 28.5 Å². The van der Waals surface area contributed by atoms with E-state index >= 15 is 0 Å². The summed E-state index contributed by atoms with van der Waals surface area (Å²) < 4.78 is 34.1. The van der Waals surface area contributed by atoms with Crippen LogP contribution in [-0.4, -0.2) is 51.4 Å². The Morgan fingerprint density at radius 1 is 0.947 bits per heavy atom. The second-order valence-corrected chi connectivity index (χ2v) is 10.8. The average molecular weight is 538 g/mol. The van der Waals surface area contributed by atoms with Gasteiger partial charge >= 0.3 is 0 Å². The SMILES string of the molecule is CCCNC(=O)[C@H](C)N(Cc1ccc(C)cc1)C(=O)CN(c1ccccc1OC)S(=O)(=O)c1ccccc1. The minimum absolute atomic E-state index is 0.0394. The molecule has 0 heterocycles. The van der Waals surface area contributed by atoms with Crippen LogP contribution in [0.5, 0.6) is 5.75 Å². The van der Waals surface area contributed by atoms with Crippen LogP contribution in [0.3, 0.4) is 0 Å². The highest BCUT2D eigenvalue weighted by Gasteiger charge is 2.33. The van der Waals surface area contributed by atoms with Crippen LogP contribution in [0, 0.1) is 6.92 Å². The molecular weight excluding hydrogens is 502 g/mol. The van der Waals surface area contributed by atoms with Crippen molar-refractivity contribution in [3.63, 3.8) is 0 Å². The summed E-state index contributed by atoms with van der Waals surface area (Å²) in [6, 6.07) is 21.4. The topological polar surface area (TPSA) is 96.0 Å². The fourth-order valence-electron chi connectivity index (χ4n) is 3.94. The highest BCUT2D eigenvalue weighted by atomic mass is 32.2. The molecule has 3 aromatic carbocycles. The molecule has 8 nitrogen and oxygen atoms in total. The number of carbonyl (C=O) groups is 2. The molecule has 0 saturated carbocycles. The minimum atomic E-state index is -4.15. The molecule has 0 fully saturated rings. The first-order valence-corrected chi connectivity index (χ1v) is 14.0. The monoisotopic (exact) mass is 537 g/mol. The Morgan fingerprint density at radius 2 is 1.58 bits per heavy atom. The molecule has 0 radical (unpaired) electrons. The number of anilines is 1. The second-order valence-electron chi connectivity index (χ2n) is 8.97. The van der Waals surface area contributed by atoms with Gasteiger partial charge in [0.25, 0.3) is 10.0 Å². The Balaban J connectivity index is 2.04. The van der Waals surface area contributed by atoms with Gasteiger partial charge in [0.15, 0.2) is 0 Å². The van der Waals surface area contributed by atoms with Gasteiger partial charge in [-0.05, 0) is 50.1 Å². The molecule has 0 spiro atoms. The maximum atomic E-state index is 13.9. The first kappa shape index (κ1) is 28.7. The van der Waals surface area contributed by atoms with Gasteiger partial charge in [-0.3, -0.25) is 13.9 Å². The Labute approximate surface area is 225 Å². The third-order valence-electron chi connectivity index (χ3n) is 6.15. The molecule has 0 saturated heterocycles. The highest BCUT2D eigenvalue weighted by molar-refractivity contribution is 7.92. The van der Waals surface area contributed by atoms with Gasteiger partial charge in [-0.25, -0.2) is 8.42 Å². The zero-order chi connectivity index (χ0) is 27.7. The largest absolute Gasteiger partial charge is 0.495 e. The van der Waals surface area contributed by atoms with E-state index in [4.69, 9.17) is 4.74 Å². The number of sulfonamides is 1. The third kappa shape index (κ3) is 6.92. The molecule has 38 heavy (non-hydrogen) atoms. The molecule has 3 aromatic rings. The lowest BCUT2D eigenvalue weighted by Crippen LogP contribution is -2.51. The first-order chi connectivity index (χ1) is 18.2. The minimum Gasteiger partial charge on any atom is -0.495 e.